The normalized spacial score (nSPS) is 20.7. The molecule has 140 valence electrons. The first-order valence-electron chi connectivity index (χ1n) is 8.67. The quantitative estimate of drug-likeness (QED) is 0.830. The number of carbonyl (C=O) groups excluding carboxylic acids is 1. The van der Waals surface area contributed by atoms with Crippen LogP contribution in [0.25, 0.3) is 0 Å². The Hall–Kier alpha value is -1.44. The number of nitrogens with one attached hydrogen (secondary N) is 1. The van der Waals surface area contributed by atoms with Crippen molar-refractivity contribution in [2.24, 2.45) is 17.1 Å². The van der Waals surface area contributed by atoms with E-state index < -0.39 is 10.0 Å². The van der Waals surface area contributed by atoms with Crippen LogP contribution in [-0.4, -0.2) is 44.9 Å². The molecular formula is C18H29N3O3S. The minimum Gasteiger partial charge on any atom is -0.338 e. The van der Waals surface area contributed by atoms with Crippen LogP contribution in [0.2, 0.25) is 0 Å². The number of likely N-dealkylation sites (tertiary alicyclic amines) is 1. The van der Waals surface area contributed by atoms with Gasteiger partial charge in [0.05, 0.1) is 4.90 Å². The Bertz CT molecular complexity index is 712. The number of rotatable bonds is 5. The van der Waals surface area contributed by atoms with Gasteiger partial charge in [0.2, 0.25) is 10.0 Å². The van der Waals surface area contributed by atoms with Gasteiger partial charge < -0.3 is 10.6 Å². The van der Waals surface area contributed by atoms with Gasteiger partial charge in [-0.1, -0.05) is 27.7 Å². The average molecular weight is 368 g/mol. The Balaban J connectivity index is 2.10. The van der Waals surface area contributed by atoms with Crippen LogP contribution in [0.15, 0.2) is 29.2 Å². The lowest BCUT2D eigenvalue weighted by atomic mass is 9.79. The van der Waals surface area contributed by atoms with Crippen molar-refractivity contribution in [3.8, 4) is 0 Å². The van der Waals surface area contributed by atoms with Gasteiger partial charge in [0.1, 0.15) is 0 Å². The van der Waals surface area contributed by atoms with Crippen LogP contribution < -0.4 is 10.5 Å². The number of nitrogens with two attached hydrogens (primary N) is 1. The smallest absolute Gasteiger partial charge is 0.253 e. The number of benzene rings is 1. The Labute approximate surface area is 150 Å². The highest BCUT2D eigenvalue weighted by atomic mass is 32.2. The van der Waals surface area contributed by atoms with Gasteiger partial charge in [0.15, 0.2) is 0 Å². The van der Waals surface area contributed by atoms with Gasteiger partial charge in [0.25, 0.3) is 5.91 Å². The summed E-state index contributed by atoms with van der Waals surface area (Å²) in [4.78, 5) is 14.7. The maximum absolute atomic E-state index is 12.7. The molecule has 3 N–H and O–H groups in total. The molecule has 1 aromatic rings. The van der Waals surface area contributed by atoms with E-state index in [1.54, 1.807) is 17.0 Å². The number of piperidine rings is 1. The maximum atomic E-state index is 12.7. The molecule has 1 amide bonds. The number of amides is 1. The van der Waals surface area contributed by atoms with Gasteiger partial charge in [-0.25, -0.2) is 13.1 Å². The molecule has 0 saturated carbocycles. The zero-order valence-corrected chi connectivity index (χ0v) is 16.3. The van der Waals surface area contributed by atoms with Crippen LogP contribution in [-0.2, 0) is 10.0 Å². The third kappa shape index (κ3) is 4.80. The Morgan fingerprint density at radius 2 is 1.92 bits per heavy atom. The maximum Gasteiger partial charge on any atom is 0.253 e. The van der Waals surface area contributed by atoms with Crippen molar-refractivity contribution in [1.82, 2.24) is 9.62 Å². The van der Waals surface area contributed by atoms with Crippen molar-refractivity contribution >= 4 is 15.9 Å². The van der Waals surface area contributed by atoms with Crippen LogP contribution in [0.1, 0.15) is 44.5 Å². The molecule has 1 heterocycles. The first-order chi connectivity index (χ1) is 11.5. The molecule has 0 spiro atoms. The summed E-state index contributed by atoms with van der Waals surface area (Å²) in [6.07, 6.45) is 0.768. The first kappa shape index (κ1) is 19.9. The van der Waals surface area contributed by atoms with Crippen LogP contribution in [0.3, 0.4) is 0 Å². The van der Waals surface area contributed by atoms with Crippen molar-refractivity contribution in [3.63, 3.8) is 0 Å². The zero-order valence-electron chi connectivity index (χ0n) is 15.5. The monoisotopic (exact) mass is 367 g/mol. The molecular weight excluding hydrogens is 338 g/mol. The van der Waals surface area contributed by atoms with Crippen molar-refractivity contribution in [1.29, 1.82) is 0 Å². The summed E-state index contributed by atoms with van der Waals surface area (Å²) in [6, 6.07) is 6.20. The van der Waals surface area contributed by atoms with E-state index in [0.717, 1.165) is 6.42 Å². The number of carbonyl (C=O) groups is 1. The Kier molecular flexibility index (Phi) is 5.91. The minimum absolute atomic E-state index is 0.0797. The van der Waals surface area contributed by atoms with Crippen LogP contribution in [0, 0.1) is 11.3 Å². The van der Waals surface area contributed by atoms with Gasteiger partial charge in [-0.3, -0.25) is 4.79 Å². The number of sulfonamides is 1. The van der Waals surface area contributed by atoms with E-state index in [0.29, 0.717) is 25.2 Å². The summed E-state index contributed by atoms with van der Waals surface area (Å²) in [5.41, 5.74) is 6.49. The second-order valence-electron chi connectivity index (χ2n) is 7.88. The molecule has 0 aromatic heterocycles. The molecule has 1 saturated heterocycles. The first-order valence-corrected chi connectivity index (χ1v) is 10.2. The predicted molar refractivity (Wildman–Crippen MR) is 98.7 cm³/mol. The van der Waals surface area contributed by atoms with Gasteiger partial charge in [-0.05, 0) is 42.0 Å². The average Bonchev–Trinajstić information content (AvgIpc) is 2.55. The molecule has 1 aliphatic rings. The Morgan fingerprint density at radius 3 is 2.44 bits per heavy atom. The minimum atomic E-state index is -3.54. The molecule has 1 aliphatic heterocycles. The van der Waals surface area contributed by atoms with Crippen molar-refractivity contribution in [2.75, 3.05) is 19.6 Å². The van der Waals surface area contributed by atoms with E-state index >= 15 is 0 Å². The molecule has 6 nitrogen and oxygen atoms in total. The third-order valence-corrected chi connectivity index (χ3v) is 6.13. The molecule has 7 heteroatoms. The van der Waals surface area contributed by atoms with Crippen LogP contribution in [0.4, 0.5) is 0 Å². The van der Waals surface area contributed by atoms with Crippen LogP contribution >= 0.6 is 0 Å². The molecule has 1 atom stereocenters. The van der Waals surface area contributed by atoms with E-state index in [1.165, 1.54) is 12.1 Å². The van der Waals surface area contributed by atoms with E-state index in [2.05, 4.69) is 18.6 Å². The van der Waals surface area contributed by atoms with Gasteiger partial charge in [0, 0.05) is 31.2 Å². The van der Waals surface area contributed by atoms with Crippen molar-refractivity contribution in [2.45, 2.75) is 45.1 Å². The fourth-order valence-electron chi connectivity index (χ4n) is 2.87. The van der Waals surface area contributed by atoms with Crippen molar-refractivity contribution in [3.05, 3.63) is 29.8 Å². The van der Waals surface area contributed by atoms with E-state index in [-0.39, 0.29) is 28.2 Å². The standard InChI is InChI=1S/C18H29N3O3S/c1-13(2)11-20-25(23,24)15-7-5-14(6-8-15)17(22)21-10-9-16(19)18(3,4)12-21/h5-8,13,16,20H,9-12,19H2,1-4H3. The summed E-state index contributed by atoms with van der Waals surface area (Å²) in [7, 11) is -3.54. The second-order valence-corrected chi connectivity index (χ2v) is 9.65. The summed E-state index contributed by atoms with van der Waals surface area (Å²) >= 11 is 0. The molecule has 0 bridgehead atoms. The summed E-state index contributed by atoms with van der Waals surface area (Å²) in [6.45, 7) is 9.61. The Morgan fingerprint density at radius 1 is 1.32 bits per heavy atom. The topological polar surface area (TPSA) is 92.5 Å². The summed E-state index contributed by atoms with van der Waals surface area (Å²) in [5.74, 6) is 0.142. The molecule has 2 rings (SSSR count). The van der Waals surface area contributed by atoms with E-state index in [1.807, 2.05) is 13.8 Å². The van der Waals surface area contributed by atoms with E-state index in [9.17, 15) is 13.2 Å². The van der Waals surface area contributed by atoms with Crippen molar-refractivity contribution < 1.29 is 13.2 Å². The highest BCUT2D eigenvalue weighted by Gasteiger charge is 2.35. The van der Waals surface area contributed by atoms with Gasteiger partial charge in [-0.2, -0.15) is 0 Å². The molecule has 0 radical (unpaired) electrons. The highest BCUT2D eigenvalue weighted by Crippen LogP contribution is 2.28. The molecule has 1 unspecified atom stereocenters. The van der Waals surface area contributed by atoms with Crippen LogP contribution in [0.5, 0.6) is 0 Å². The predicted octanol–water partition coefficient (Wildman–Crippen LogP) is 1.82. The van der Waals surface area contributed by atoms with Gasteiger partial charge >= 0.3 is 0 Å². The number of hydrogen-bond donors (Lipinski definition) is 2. The lowest BCUT2D eigenvalue weighted by Crippen LogP contribution is -2.54. The summed E-state index contributed by atoms with van der Waals surface area (Å²) < 4.78 is 27.0. The molecule has 0 aliphatic carbocycles. The van der Waals surface area contributed by atoms with E-state index in [4.69, 9.17) is 5.73 Å². The fraction of sp³-hybridized carbons (Fsp3) is 0.611. The highest BCUT2D eigenvalue weighted by molar-refractivity contribution is 7.89. The second kappa shape index (κ2) is 7.43. The lowest BCUT2D eigenvalue weighted by molar-refractivity contribution is 0.0533. The number of hydrogen-bond acceptors (Lipinski definition) is 4. The largest absolute Gasteiger partial charge is 0.338 e. The SMILES string of the molecule is CC(C)CNS(=O)(=O)c1ccc(C(=O)N2CCC(N)C(C)(C)C2)cc1. The fourth-order valence-corrected chi connectivity index (χ4v) is 4.08. The number of nitrogens with zero attached hydrogens (tertiary/aromatic N) is 1. The molecule has 1 aromatic carbocycles. The van der Waals surface area contributed by atoms with Gasteiger partial charge in [-0.15, -0.1) is 0 Å². The molecule has 25 heavy (non-hydrogen) atoms. The lowest BCUT2D eigenvalue weighted by Gasteiger charge is -2.42. The molecule has 1 fully saturated rings. The third-order valence-electron chi connectivity index (χ3n) is 4.69. The zero-order chi connectivity index (χ0) is 18.8. The summed E-state index contributed by atoms with van der Waals surface area (Å²) in [5, 5.41) is 0.